The standard InChI is InChI=1S/C60H38N2O/c1-4-5-23-38(34(2)3)56-49(35-17-9-6-10-18-35)50(36-19-11-7-12-20-36)57-43-30-26-40-42-29-33-46-55-45(59-61-47-24-15-16-25-48(47)62(59)60(46)63)32-28-41(53(42)55)39-27-31-44(54(43)52(39)40)58(57)51(56)37-21-13-8-14-22-37/h4-33H,2H2,1,3H3. The van der Waals surface area contributed by atoms with Crippen molar-refractivity contribution >= 4 is 76.1 Å². The van der Waals surface area contributed by atoms with Gasteiger partial charge in [-0.3, -0.25) is 9.20 Å². The van der Waals surface area contributed by atoms with Crippen LogP contribution in [0.1, 0.15) is 19.4 Å². The highest BCUT2D eigenvalue weighted by molar-refractivity contribution is 6.41. The smallest absolute Gasteiger partial charge is 0.264 e. The Morgan fingerprint density at radius 1 is 0.508 bits per heavy atom. The average molecular weight is 803 g/mol. The van der Waals surface area contributed by atoms with Crippen LogP contribution >= 0.6 is 0 Å². The molecule has 0 bridgehead atoms. The monoisotopic (exact) mass is 802 g/mol. The van der Waals surface area contributed by atoms with Crippen LogP contribution in [-0.4, -0.2) is 9.38 Å². The van der Waals surface area contributed by atoms with E-state index in [0.717, 1.165) is 60.2 Å². The lowest BCUT2D eigenvalue weighted by Crippen LogP contribution is -2.13. The summed E-state index contributed by atoms with van der Waals surface area (Å²) in [4.78, 5) is 19.5. The summed E-state index contributed by atoms with van der Waals surface area (Å²) in [5, 5.41) is 11.0. The number of nitrogens with zero attached hydrogens (tertiary/aromatic N) is 2. The Balaban J connectivity index is 1.23. The molecule has 0 saturated carbocycles. The van der Waals surface area contributed by atoms with Gasteiger partial charge < -0.3 is 0 Å². The van der Waals surface area contributed by atoms with Crippen molar-refractivity contribution in [2.24, 2.45) is 0 Å². The molecule has 0 aliphatic heterocycles. The minimum atomic E-state index is -0.0329. The normalized spacial score (nSPS) is 12.8. The first-order chi connectivity index (χ1) is 31.0. The highest BCUT2D eigenvalue weighted by atomic mass is 16.1. The third kappa shape index (κ3) is 4.74. The van der Waals surface area contributed by atoms with Gasteiger partial charge in [0.25, 0.3) is 5.56 Å². The summed E-state index contributed by atoms with van der Waals surface area (Å²) in [6.07, 6.45) is 6.47. The first-order valence-electron chi connectivity index (χ1n) is 21.7. The predicted molar refractivity (Wildman–Crippen MR) is 267 cm³/mol. The first kappa shape index (κ1) is 35.6. The minimum absolute atomic E-state index is 0.0329. The number of hydrogen-bond donors (Lipinski definition) is 0. The molecular formula is C60H38N2O. The molecule has 0 saturated heterocycles. The van der Waals surface area contributed by atoms with Gasteiger partial charge in [0.1, 0.15) is 5.65 Å². The van der Waals surface area contributed by atoms with Gasteiger partial charge in [0.15, 0.2) is 0 Å². The number of aromatic nitrogens is 2. The molecule has 2 aromatic heterocycles. The van der Waals surface area contributed by atoms with E-state index in [4.69, 9.17) is 4.98 Å². The van der Waals surface area contributed by atoms with Crippen molar-refractivity contribution < 1.29 is 0 Å². The Morgan fingerprint density at radius 2 is 0.968 bits per heavy atom. The van der Waals surface area contributed by atoms with Crippen LogP contribution in [0.25, 0.3) is 132 Å². The molecule has 0 unspecified atom stereocenters. The second-order valence-corrected chi connectivity index (χ2v) is 16.9. The second-order valence-electron chi connectivity index (χ2n) is 16.9. The Morgan fingerprint density at radius 3 is 1.56 bits per heavy atom. The van der Waals surface area contributed by atoms with Gasteiger partial charge in [0.05, 0.1) is 11.0 Å². The second kappa shape index (κ2) is 13.2. The molecule has 1 aliphatic rings. The van der Waals surface area contributed by atoms with Crippen molar-refractivity contribution in [3.63, 3.8) is 0 Å². The van der Waals surface area contributed by atoms with E-state index >= 15 is 0 Å². The van der Waals surface area contributed by atoms with Crippen molar-refractivity contribution in [1.82, 2.24) is 9.38 Å². The van der Waals surface area contributed by atoms with Gasteiger partial charge in [-0.1, -0.05) is 170 Å². The maximum absolute atomic E-state index is 14.5. The molecule has 0 N–H and O–H groups in total. The van der Waals surface area contributed by atoms with E-state index in [-0.39, 0.29) is 5.56 Å². The van der Waals surface area contributed by atoms with Gasteiger partial charge in [-0.05, 0) is 143 Å². The lowest BCUT2D eigenvalue weighted by Gasteiger charge is -2.27. The Hall–Kier alpha value is -8.14. The molecule has 63 heavy (non-hydrogen) atoms. The van der Waals surface area contributed by atoms with E-state index in [1.165, 1.54) is 71.6 Å². The van der Waals surface area contributed by atoms with Gasteiger partial charge >= 0.3 is 0 Å². The number of para-hydroxylation sites is 2. The molecule has 0 amide bonds. The fourth-order valence-corrected chi connectivity index (χ4v) is 11.1. The van der Waals surface area contributed by atoms with Gasteiger partial charge in [-0.15, -0.1) is 0 Å². The summed E-state index contributed by atoms with van der Waals surface area (Å²) < 4.78 is 1.80. The van der Waals surface area contributed by atoms with Crippen molar-refractivity contribution in [2.75, 3.05) is 0 Å². The average Bonchev–Trinajstić information content (AvgIpc) is 3.89. The number of fused-ring (bicyclic) bond motifs is 9. The molecule has 0 fully saturated rings. The van der Waals surface area contributed by atoms with Crippen molar-refractivity contribution in [3.8, 4) is 55.6 Å². The Labute approximate surface area is 363 Å². The largest absolute Gasteiger partial charge is 0.268 e. The van der Waals surface area contributed by atoms with Crippen molar-refractivity contribution in [1.29, 1.82) is 0 Å². The van der Waals surface area contributed by atoms with E-state index in [9.17, 15) is 4.79 Å². The first-order valence-corrected chi connectivity index (χ1v) is 21.7. The number of hydrogen-bond acceptors (Lipinski definition) is 2. The predicted octanol–water partition coefficient (Wildman–Crippen LogP) is 15.7. The third-order valence-electron chi connectivity index (χ3n) is 13.5. The number of allylic oxidation sites excluding steroid dienone is 5. The van der Waals surface area contributed by atoms with Crippen LogP contribution in [0, 0.1) is 0 Å². The number of imidazole rings is 1. The van der Waals surface area contributed by atoms with Crippen LogP contribution < -0.4 is 5.56 Å². The lowest BCUT2D eigenvalue weighted by molar-refractivity contribution is 1.19. The molecule has 3 nitrogen and oxygen atoms in total. The van der Waals surface area contributed by atoms with E-state index in [1.54, 1.807) is 4.40 Å². The molecule has 12 aromatic rings. The molecule has 1 aliphatic carbocycles. The van der Waals surface area contributed by atoms with Crippen LogP contribution in [0.3, 0.4) is 0 Å². The zero-order valence-corrected chi connectivity index (χ0v) is 34.8. The molecule has 294 valence electrons. The van der Waals surface area contributed by atoms with Gasteiger partial charge in [-0.2, -0.15) is 0 Å². The van der Waals surface area contributed by atoms with Crippen LogP contribution in [0.4, 0.5) is 0 Å². The van der Waals surface area contributed by atoms with Crippen LogP contribution in [0.2, 0.25) is 0 Å². The lowest BCUT2D eigenvalue weighted by atomic mass is 9.75. The fraction of sp³-hybridized carbons (Fsp3) is 0.0333. The van der Waals surface area contributed by atoms with E-state index in [0.29, 0.717) is 11.0 Å². The van der Waals surface area contributed by atoms with Crippen LogP contribution in [-0.2, 0) is 0 Å². The van der Waals surface area contributed by atoms with Crippen molar-refractivity contribution in [3.05, 3.63) is 210 Å². The highest BCUT2D eigenvalue weighted by Gasteiger charge is 2.35. The molecule has 10 aromatic carbocycles. The highest BCUT2D eigenvalue weighted by Crippen LogP contribution is 2.62. The van der Waals surface area contributed by atoms with Crippen molar-refractivity contribution in [2.45, 2.75) is 13.8 Å². The summed E-state index contributed by atoms with van der Waals surface area (Å²) in [5.41, 5.74) is 17.6. The zero-order valence-electron chi connectivity index (χ0n) is 34.8. The topological polar surface area (TPSA) is 34.4 Å². The zero-order chi connectivity index (χ0) is 42.1. The summed E-state index contributed by atoms with van der Waals surface area (Å²) in [5.74, 6) is 0. The summed E-state index contributed by atoms with van der Waals surface area (Å²) in [6.45, 7) is 8.83. The maximum atomic E-state index is 14.5. The summed E-state index contributed by atoms with van der Waals surface area (Å²) in [7, 11) is 0. The maximum Gasteiger partial charge on any atom is 0.264 e. The fourth-order valence-electron chi connectivity index (χ4n) is 11.1. The molecular weight excluding hydrogens is 765 g/mol. The molecule has 3 heteroatoms. The SMILES string of the molecule is C=C(C)C(=CC=CC)c1c(-c2ccccc2)c(-c2ccccc2)c2c(c1-c1ccccc1)-c1ccc3c4ccc5c6c(ccc(c7ccc-2c1c73)c46)c(=O)n1c2ccccc2nc51. The van der Waals surface area contributed by atoms with Gasteiger partial charge in [0, 0.05) is 16.2 Å². The summed E-state index contributed by atoms with van der Waals surface area (Å²) >= 11 is 0. The molecule has 2 heterocycles. The van der Waals surface area contributed by atoms with Crippen LogP contribution in [0.15, 0.2) is 199 Å². The third-order valence-corrected chi connectivity index (χ3v) is 13.5. The van der Waals surface area contributed by atoms with Crippen LogP contribution in [0.5, 0.6) is 0 Å². The molecule has 0 atom stereocenters. The Kier molecular flexibility index (Phi) is 7.45. The molecule has 13 rings (SSSR count). The van der Waals surface area contributed by atoms with Gasteiger partial charge in [0.2, 0.25) is 0 Å². The quantitative estimate of drug-likeness (QED) is 0.0953. The Bertz CT molecular complexity index is 4020. The van der Waals surface area contributed by atoms with E-state index < -0.39 is 0 Å². The number of pyridine rings is 1. The van der Waals surface area contributed by atoms with Gasteiger partial charge in [-0.25, -0.2) is 4.98 Å². The number of benzene rings is 10. The molecule has 0 spiro atoms. The van der Waals surface area contributed by atoms with E-state index in [2.05, 4.69) is 172 Å². The minimum Gasteiger partial charge on any atom is -0.268 e. The molecule has 0 radical (unpaired) electrons. The van der Waals surface area contributed by atoms with E-state index in [1.807, 2.05) is 30.3 Å². The number of rotatable bonds is 6. The summed E-state index contributed by atoms with van der Waals surface area (Å²) in [6, 6.07) is 58.8.